The molecular formula is C24H22FN3O3. The van der Waals surface area contributed by atoms with Crippen LogP contribution in [0.2, 0.25) is 0 Å². The van der Waals surface area contributed by atoms with Gasteiger partial charge in [-0.15, -0.1) is 0 Å². The average molecular weight is 419 g/mol. The number of amides is 1. The number of furan rings is 1. The van der Waals surface area contributed by atoms with Crippen molar-refractivity contribution in [1.82, 2.24) is 15.2 Å². The minimum absolute atomic E-state index is 0.277. The highest BCUT2D eigenvalue weighted by molar-refractivity contribution is 5.99. The summed E-state index contributed by atoms with van der Waals surface area (Å²) in [6.45, 7) is 0.865. The smallest absolute Gasteiger partial charge is 0.287 e. The van der Waals surface area contributed by atoms with Crippen LogP contribution in [0.1, 0.15) is 21.7 Å². The van der Waals surface area contributed by atoms with E-state index in [1.54, 1.807) is 18.3 Å². The number of pyridine rings is 1. The van der Waals surface area contributed by atoms with Gasteiger partial charge in [0.15, 0.2) is 5.76 Å². The normalized spacial score (nSPS) is 11.1. The highest BCUT2D eigenvalue weighted by Crippen LogP contribution is 2.27. The second-order valence-electron chi connectivity index (χ2n) is 7.38. The van der Waals surface area contributed by atoms with Gasteiger partial charge >= 0.3 is 0 Å². The topological polar surface area (TPSA) is 67.6 Å². The molecule has 31 heavy (non-hydrogen) atoms. The summed E-state index contributed by atoms with van der Waals surface area (Å²) in [5, 5.41) is 3.84. The zero-order valence-electron chi connectivity index (χ0n) is 17.3. The number of carbonyl (C=O) groups is 1. The molecule has 0 aliphatic carbocycles. The number of para-hydroxylation sites is 1. The van der Waals surface area contributed by atoms with E-state index in [2.05, 4.69) is 10.3 Å². The molecule has 1 amide bonds. The van der Waals surface area contributed by atoms with E-state index < -0.39 is 0 Å². The van der Waals surface area contributed by atoms with Crippen molar-refractivity contribution in [2.24, 2.45) is 0 Å². The van der Waals surface area contributed by atoms with Crippen LogP contribution < -0.4 is 10.1 Å². The van der Waals surface area contributed by atoms with Crippen LogP contribution in [-0.4, -0.2) is 29.9 Å². The lowest BCUT2D eigenvalue weighted by atomic mass is 10.1. The summed E-state index contributed by atoms with van der Waals surface area (Å²) < 4.78 is 24.6. The van der Waals surface area contributed by atoms with E-state index in [1.165, 1.54) is 24.3 Å². The average Bonchev–Trinajstić information content (AvgIpc) is 3.12. The third kappa shape index (κ3) is 4.90. The number of ether oxygens (including phenoxy) is 1. The molecule has 0 atom stereocenters. The third-order valence-corrected chi connectivity index (χ3v) is 4.67. The van der Waals surface area contributed by atoms with Gasteiger partial charge < -0.3 is 19.4 Å². The van der Waals surface area contributed by atoms with Crippen LogP contribution in [0.4, 0.5) is 4.39 Å². The van der Waals surface area contributed by atoms with Gasteiger partial charge in [-0.1, -0.05) is 18.2 Å². The first-order chi connectivity index (χ1) is 15.0. The molecule has 158 valence electrons. The maximum atomic E-state index is 13.1. The number of aromatic nitrogens is 1. The van der Waals surface area contributed by atoms with Gasteiger partial charge in [-0.25, -0.2) is 9.37 Å². The molecular weight excluding hydrogens is 397 g/mol. The van der Waals surface area contributed by atoms with Crippen LogP contribution in [-0.2, 0) is 13.1 Å². The third-order valence-electron chi connectivity index (χ3n) is 4.67. The molecule has 2 heterocycles. The minimum Gasteiger partial charge on any atom is -0.451 e. The summed E-state index contributed by atoms with van der Waals surface area (Å²) in [4.78, 5) is 19.1. The number of nitrogens with one attached hydrogen (secondary N) is 1. The number of hydrogen-bond donors (Lipinski definition) is 1. The largest absolute Gasteiger partial charge is 0.451 e. The van der Waals surface area contributed by atoms with Gasteiger partial charge in [0.25, 0.3) is 5.91 Å². The first-order valence-corrected chi connectivity index (χ1v) is 9.81. The van der Waals surface area contributed by atoms with Crippen molar-refractivity contribution in [2.75, 3.05) is 14.1 Å². The van der Waals surface area contributed by atoms with Gasteiger partial charge in [-0.2, -0.15) is 0 Å². The minimum atomic E-state index is -0.337. The molecule has 0 aliphatic heterocycles. The molecule has 0 spiro atoms. The zero-order valence-corrected chi connectivity index (χ0v) is 17.3. The van der Waals surface area contributed by atoms with E-state index in [-0.39, 0.29) is 18.3 Å². The lowest BCUT2D eigenvalue weighted by Crippen LogP contribution is -2.24. The van der Waals surface area contributed by atoms with E-state index in [0.717, 1.165) is 16.5 Å². The highest BCUT2D eigenvalue weighted by atomic mass is 19.1. The summed E-state index contributed by atoms with van der Waals surface area (Å²) in [7, 11) is 3.89. The molecule has 0 aliphatic rings. The standard InChI is InChI=1S/C24H22FN3O3/c1-28(2)15-20-19-5-3-4-6-21(19)31-23(20)24(29)27-14-16-11-12-26-22(13-16)30-18-9-7-17(25)8-10-18/h3-13H,14-15H2,1-2H3,(H,27,29). The summed E-state index contributed by atoms with van der Waals surface area (Å²) in [6.07, 6.45) is 1.60. The van der Waals surface area contributed by atoms with Crippen molar-refractivity contribution in [1.29, 1.82) is 0 Å². The fourth-order valence-electron chi connectivity index (χ4n) is 3.26. The lowest BCUT2D eigenvalue weighted by molar-refractivity contribution is 0.0923. The van der Waals surface area contributed by atoms with Crippen molar-refractivity contribution < 1.29 is 18.3 Å². The van der Waals surface area contributed by atoms with Crippen molar-refractivity contribution >= 4 is 16.9 Å². The van der Waals surface area contributed by atoms with E-state index >= 15 is 0 Å². The van der Waals surface area contributed by atoms with E-state index in [9.17, 15) is 9.18 Å². The number of benzene rings is 2. The number of halogens is 1. The maximum absolute atomic E-state index is 13.1. The molecule has 4 rings (SSSR count). The molecule has 1 N–H and O–H groups in total. The molecule has 0 saturated carbocycles. The van der Waals surface area contributed by atoms with Gasteiger partial charge in [-0.05, 0) is 56.1 Å². The van der Waals surface area contributed by atoms with Gasteiger partial charge in [0.2, 0.25) is 5.88 Å². The number of hydrogen-bond acceptors (Lipinski definition) is 5. The monoisotopic (exact) mass is 419 g/mol. The van der Waals surface area contributed by atoms with Crippen molar-refractivity contribution in [3.8, 4) is 11.6 Å². The predicted octanol–water partition coefficient (Wildman–Crippen LogP) is 4.75. The Balaban J connectivity index is 1.48. The number of nitrogens with zero attached hydrogens (tertiary/aromatic N) is 2. The molecule has 2 aromatic carbocycles. The lowest BCUT2D eigenvalue weighted by Gasteiger charge is -2.11. The van der Waals surface area contributed by atoms with E-state index in [4.69, 9.17) is 9.15 Å². The van der Waals surface area contributed by atoms with Crippen LogP contribution in [0.3, 0.4) is 0 Å². The molecule has 4 aromatic rings. The Morgan fingerprint density at radius 3 is 2.68 bits per heavy atom. The van der Waals surface area contributed by atoms with Gasteiger partial charge in [0.1, 0.15) is 17.1 Å². The van der Waals surface area contributed by atoms with E-state index in [1.807, 2.05) is 43.3 Å². The van der Waals surface area contributed by atoms with Crippen LogP contribution in [0.15, 0.2) is 71.3 Å². The van der Waals surface area contributed by atoms with Gasteiger partial charge in [0.05, 0.1) is 0 Å². The molecule has 6 nitrogen and oxygen atoms in total. The molecule has 0 saturated heterocycles. The Morgan fingerprint density at radius 1 is 1.13 bits per heavy atom. The second-order valence-corrected chi connectivity index (χ2v) is 7.38. The Kier molecular flexibility index (Phi) is 5.95. The van der Waals surface area contributed by atoms with Gasteiger partial charge in [0, 0.05) is 36.3 Å². The first-order valence-electron chi connectivity index (χ1n) is 9.81. The number of rotatable bonds is 7. The summed E-state index contributed by atoms with van der Waals surface area (Å²) in [5.41, 5.74) is 2.35. The quantitative estimate of drug-likeness (QED) is 0.468. The summed E-state index contributed by atoms with van der Waals surface area (Å²) >= 11 is 0. The van der Waals surface area contributed by atoms with E-state index in [0.29, 0.717) is 29.5 Å². The van der Waals surface area contributed by atoms with Crippen molar-refractivity contribution in [3.05, 3.63) is 89.6 Å². The van der Waals surface area contributed by atoms with Crippen molar-refractivity contribution in [2.45, 2.75) is 13.1 Å². The Labute approximate surface area is 179 Å². The summed E-state index contributed by atoms with van der Waals surface area (Å²) in [6, 6.07) is 16.8. The first kappa shape index (κ1) is 20.6. The number of carbonyl (C=O) groups excluding carboxylic acids is 1. The molecule has 2 aromatic heterocycles. The van der Waals surface area contributed by atoms with Crippen LogP contribution in [0.5, 0.6) is 11.6 Å². The number of fused-ring (bicyclic) bond motifs is 1. The Bertz CT molecular complexity index is 1200. The Morgan fingerprint density at radius 2 is 1.90 bits per heavy atom. The zero-order chi connectivity index (χ0) is 21.8. The van der Waals surface area contributed by atoms with Gasteiger partial charge in [-0.3, -0.25) is 4.79 Å². The fraction of sp³-hybridized carbons (Fsp3) is 0.167. The molecule has 0 radical (unpaired) electrons. The fourth-order valence-corrected chi connectivity index (χ4v) is 3.26. The summed E-state index contributed by atoms with van der Waals surface area (Å²) in [5.74, 6) is 0.523. The SMILES string of the molecule is CN(C)Cc1c(C(=O)NCc2ccnc(Oc3ccc(F)cc3)c2)oc2ccccc12. The highest BCUT2D eigenvalue weighted by Gasteiger charge is 2.20. The molecule has 0 bridgehead atoms. The van der Waals surface area contributed by atoms with Crippen molar-refractivity contribution in [3.63, 3.8) is 0 Å². The predicted molar refractivity (Wildman–Crippen MR) is 115 cm³/mol. The Hall–Kier alpha value is -3.71. The van der Waals surface area contributed by atoms with Crippen LogP contribution in [0, 0.1) is 5.82 Å². The molecule has 0 fully saturated rings. The molecule has 7 heteroatoms. The molecule has 0 unspecified atom stereocenters. The maximum Gasteiger partial charge on any atom is 0.287 e. The second kappa shape index (κ2) is 8.97. The van der Waals surface area contributed by atoms with Crippen LogP contribution in [0.25, 0.3) is 11.0 Å². The van der Waals surface area contributed by atoms with Crippen LogP contribution >= 0.6 is 0 Å².